The SMILES string of the molecule is O=C(O)Cc1cncnc1NCC[C@@H]1C[C@H]1Cc1ccccc1. The number of carbonyl (C=O) groups is 1. The molecule has 1 aromatic carbocycles. The van der Waals surface area contributed by atoms with E-state index in [0.29, 0.717) is 11.4 Å². The van der Waals surface area contributed by atoms with Gasteiger partial charge in [-0.05, 0) is 36.7 Å². The minimum atomic E-state index is -0.868. The fourth-order valence-electron chi connectivity index (χ4n) is 3.02. The molecule has 1 aliphatic carbocycles. The summed E-state index contributed by atoms with van der Waals surface area (Å²) in [6.07, 6.45) is 6.49. The smallest absolute Gasteiger partial charge is 0.308 e. The second-order valence-corrected chi connectivity index (χ2v) is 6.13. The fraction of sp³-hybridized carbons (Fsp3) is 0.389. The number of nitrogens with zero attached hydrogens (tertiary/aromatic N) is 2. The summed E-state index contributed by atoms with van der Waals surface area (Å²) in [5.41, 5.74) is 2.05. The van der Waals surface area contributed by atoms with E-state index in [1.807, 2.05) is 6.07 Å². The molecule has 120 valence electrons. The molecule has 5 heteroatoms. The van der Waals surface area contributed by atoms with E-state index >= 15 is 0 Å². The van der Waals surface area contributed by atoms with Crippen LogP contribution in [0.1, 0.15) is 24.0 Å². The van der Waals surface area contributed by atoms with Gasteiger partial charge in [0.1, 0.15) is 12.1 Å². The summed E-state index contributed by atoms with van der Waals surface area (Å²) in [5, 5.41) is 12.2. The Kier molecular flexibility index (Phi) is 4.86. The lowest BCUT2D eigenvalue weighted by Gasteiger charge is -2.09. The first-order valence-corrected chi connectivity index (χ1v) is 8.01. The molecule has 0 unspecified atom stereocenters. The molecule has 2 aromatic rings. The van der Waals surface area contributed by atoms with Crippen LogP contribution >= 0.6 is 0 Å². The molecule has 1 aliphatic rings. The Bertz CT molecular complexity index is 660. The number of anilines is 1. The molecular formula is C18H21N3O2. The number of hydrogen-bond donors (Lipinski definition) is 2. The van der Waals surface area contributed by atoms with Crippen molar-refractivity contribution in [2.75, 3.05) is 11.9 Å². The molecule has 2 N–H and O–H groups in total. The molecule has 5 nitrogen and oxygen atoms in total. The van der Waals surface area contributed by atoms with Crippen molar-refractivity contribution in [3.05, 3.63) is 54.0 Å². The highest BCUT2D eigenvalue weighted by molar-refractivity contribution is 5.72. The van der Waals surface area contributed by atoms with E-state index in [0.717, 1.165) is 31.2 Å². The van der Waals surface area contributed by atoms with Gasteiger partial charge in [0.15, 0.2) is 0 Å². The molecule has 0 saturated heterocycles. The van der Waals surface area contributed by atoms with E-state index in [-0.39, 0.29) is 6.42 Å². The predicted octanol–water partition coefficient (Wildman–Crippen LogP) is 2.78. The Labute approximate surface area is 135 Å². The predicted molar refractivity (Wildman–Crippen MR) is 88.2 cm³/mol. The van der Waals surface area contributed by atoms with Crippen molar-refractivity contribution in [2.45, 2.75) is 25.7 Å². The Morgan fingerprint density at radius 3 is 2.87 bits per heavy atom. The first kappa shape index (κ1) is 15.5. The average Bonchev–Trinajstić information content (AvgIpc) is 3.27. The number of rotatable bonds is 8. The van der Waals surface area contributed by atoms with Gasteiger partial charge in [-0.25, -0.2) is 9.97 Å². The normalized spacial score (nSPS) is 19.3. The summed E-state index contributed by atoms with van der Waals surface area (Å²) in [6.45, 7) is 0.819. The van der Waals surface area contributed by atoms with E-state index in [1.165, 1.54) is 18.3 Å². The van der Waals surface area contributed by atoms with E-state index in [9.17, 15) is 4.79 Å². The van der Waals surface area contributed by atoms with Gasteiger partial charge in [0.2, 0.25) is 0 Å². The number of benzene rings is 1. The van der Waals surface area contributed by atoms with Gasteiger partial charge in [0, 0.05) is 18.3 Å². The van der Waals surface area contributed by atoms with Crippen LogP contribution in [0.5, 0.6) is 0 Å². The Hall–Kier alpha value is -2.43. The number of nitrogens with one attached hydrogen (secondary N) is 1. The van der Waals surface area contributed by atoms with Gasteiger partial charge in [-0.3, -0.25) is 4.79 Å². The lowest BCUT2D eigenvalue weighted by Crippen LogP contribution is -2.10. The molecule has 0 aliphatic heterocycles. The highest BCUT2D eigenvalue weighted by atomic mass is 16.4. The summed E-state index contributed by atoms with van der Waals surface area (Å²) in [5.74, 6) is 1.31. The minimum absolute atomic E-state index is 0.0523. The van der Waals surface area contributed by atoms with Crippen molar-refractivity contribution < 1.29 is 9.90 Å². The van der Waals surface area contributed by atoms with Gasteiger partial charge >= 0.3 is 5.97 Å². The third-order valence-electron chi connectivity index (χ3n) is 4.35. The monoisotopic (exact) mass is 311 g/mol. The third-order valence-corrected chi connectivity index (χ3v) is 4.35. The van der Waals surface area contributed by atoms with E-state index < -0.39 is 5.97 Å². The molecule has 1 heterocycles. The minimum Gasteiger partial charge on any atom is -0.481 e. The zero-order valence-electron chi connectivity index (χ0n) is 13.0. The van der Waals surface area contributed by atoms with Gasteiger partial charge in [0.05, 0.1) is 6.42 Å². The van der Waals surface area contributed by atoms with Crippen molar-refractivity contribution in [2.24, 2.45) is 11.8 Å². The summed E-state index contributed by atoms with van der Waals surface area (Å²) >= 11 is 0. The van der Waals surface area contributed by atoms with Crippen LogP contribution in [-0.2, 0) is 17.6 Å². The summed E-state index contributed by atoms with van der Waals surface area (Å²) in [4.78, 5) is 18.9. The molecular weight excluding hydrogens is 290 g/mol. The lowest BCUT2D eigenvalue weighted by atomic mass is 10.1. The molecule has 0 spiro atoms. The number of aliphatic carboxylic acids is 1. The summed E-state index contributed by atoms with van der Waals surface area (Å²) < 4.78 is 0. The first-order valence-electron chi connectivity index (χ1n) is 8.01. The van der Waals surface area contributed by atoms with Gasteiger partial charge in [-0.2, -0.15) is 0 Å². The molecule has 0 radical (unpaired) electrons. The van der Waals surface area contributed by atoms with Crippen LogP contribution in [0.15, 0.2) is 42.9 Å². The quantitative estimate of drug-likeness (QED) is 0.784. The number of aromatic nitrogens is 2. The van der Waals surface area contributed by atoms with E-state index in [1.54, 1.807) is 6.20 Å². The lowest BCUT2D eigenvalue weighted by molar-refractivity contribution is -0.136. The van der Waals surface area contributed by atoms with Crippen molar-refractivity contribution >= 4 is 11.8 Å². The first-order chi connectivity index (χ1) is 11.2. The molecule has 2 atom stereocenters. The Morgan fingerprint density at radius 1 is 1.26 bits per heavy atom. The number of hydrogen-bond acceptors (Lipinski definition) is 4. The zero-order valence-corrected chi connectivity index (χ0v) is 13.0. The van der Waals surface area contributed by atoms with E-state index in [2.05, 4.69) is 39.6 Å². The average molecular weight is 311 g/mol. The van der Waals surface area contributed by atoms with Crippen molar-refractivity contribution in [3.8, 4) is 0 Å². The zero-order chi connectivity index (χ0) is 16.1. The third kappa shape index (κ3) is 4.52. The van der Waals surface area contributed by atoms with Crippen LogP contribution < -0.4 is 5.32 Å². The van der Waals surface area contributed by atoms with Gasteiger partial charge < -0.3 is 10.4 Å². The maximum absolute atomic E-state index is 10.8. The van der Waals surface area contributed by atoms with Crippen molar-refractivity contribution in [1.29, 1.82) is 0 Å². The molecule has 0 amide bonds. The van der Waals surface area contributed by atoms with Gasteiger partial charge in [-0.1, -0.05) is 30.3 Å². The second-order valence-electron chi connectivity index (χ2n) is 6.13. The molecule has 0 bridgehead atoms. The molecule has 1 fully saturated rings. The molecule has 3 rings (SSSR count). The molecule has 23 heavy (non-hydrogen) atoms. The van der Waals surface area contributed by atoms with Crippen LogP contribution in [0.3, 0.4) is 0 Å². The molecule has 1 saturated carbocycles. The van der Waals surface area contributed by atoms with Crippen LogP contribution in [-0.4, -0.2) is 27.6 Å². The maximum Gasteiger partial charge on any atom is 0.308 e. The highest BCUT2D eigenvalue weighted by Gasteiger charge is 2.35. The van der Waals surface area contributed by atoms with Crippen LogP contribution in [0, 0.1) is 11.8 Å². The largest absolute Gasteiger partial charge is 0.481 e. The number of carboxylic acid groups (broad SMARTS) is 1. The van der Waals surface area contributed by atoms with Crippen LogP contribution in [0.25, 0.3) is 0 Å². The second kappa shape index (κ2) is 7.22. The summed E-state index contributed by atoms with van der Waals surface area (Å²) in [7, 11) is 0. The van der Waals surface area contributed by atoms with Crippen LogP contribution in [0.2, 0.25) is 0 Å². The van der Waals surface area contributed by atoms with Crippen molar-refractivity contribution in [1.82, 2.24) is 9.97 Å². The fourth-order valence-corrected chi connectivity index (χ4v) is 3.02. The van der Waals surface area contributed by atoms with Gasteiger partial charge in [0.25, 0.3) is 0 Å². The number of carboxylic acids is 1. The van der Waals surface area contributed by atoms with Crippen LogP contribution in [0.4, 0.5) is 5.82 Å². The standard InChI is InChI=1S/C18H21N3O2/c22-17(23)10-16-11-19-12-21-18(16)20-7-6-14-9-15(14)8-13-4-2-1-3-5-13/h1-5,11-12,14-15H,6-10H2,(H,22,23)(H,19,20,21)/t14-,15-/m1/s1. The Balaban J connectivity index is 1.43. The molecule has 1 aromatic heterocycles. The highest BCUT2D eigenvalue weighted by Crippen LogP contribution is 2.43. The summed E-state index contributed by atoms with van der Waals surface area (Å²) in [6, 6.07) is 10.6. The Morgan fingerprint density at radius 2 is 2.09 bits per heavy atom. The topological polar surface area (TPSA) is 75.1 Å². The van der Waals surface area contributed by atoms with E-state index in [4.69, 9.17) is 5.11 Å². The van der Waals surface area contributed by atoms with Crippen molar-refractivity contribution in [3.63, 3.8) is 0 Å². The maximum atomic E-state index is 10.8. The van der Waals surface area contributed by atoms with Gasteiger partial charge in [-0.15, -0.1) is 0 Å².